The molecule has 5 nitrogen and oxygen atoms in total. The van der Waals surface area contributed by atoms with Gasteiger partial charge in [-0.1, -0.05) is 54.9 Å². The predicted molar refractivity (Wildman–Crippen MR) is 124 cm³/mol. The van der Waals surface area contributed by atoms with Crippen LogP contribution in [0.1, 0.15) is 48.7 Å². The first-order chi connectivity index (χ1) is 15.1. The molecule has 1 aliphatic carbocycles. The Kier molecular flexibility index (Phi) is 5.40. The first-order valence-corrected chi connectivity index (χ1v) is 11.8. The molecule has 0 atom stereocenters. The van der Waals surface area contributed by atoms with Gasteiger partial charge in [-0.15, -0.1) is 0 Å². The molecule has 5 rings (SSSR count). The summed E-state index contributed by atoms with van der Waals surface area (Å²) in [6.07, 6.45) is 4.40. The first-order valence-electron chi connectivity index (χ1n) is 10.8. The van der Waals surface area contributed by atoms with Crippen molar-refractivity contribution in [3.63, 3.8) is 0 Å². The minimum Gasteiger partial charge on any atom is -0.441 e. The Hall–Kier alpha value is -2.86. The maximum atomic E-state index is 13.3. The highest BCUT2D eigenvalue weighted by Crippen LogP contribution is 2.34. The van der Waals surface area contributed by atoms with Gasteiger partial charge < -0.3 is 4.42 Å². The molecule has 1 aliphatic rings. The average molecular weight is 432 g/mol. The fourth-order valence-electron chi connectivity index (χ4n) is 4.33. The first kappa shape index (κ1) is 20.1. The van der Waals surface area contributed by atoms with Crippen molar-refractivity contribution in [2.24, 2.45) is 0 Å². The molecule has 4 aromatic rings. The molecule has 6 heteroatoms. The van der Waals surface area contributed by atoms with E-state index in [0.717, 1.165) is 58.9 Å². The lowest BCUT2D eigenvalue weighted by atomic mass is 10.1. The number of aromatic nitrogens is 3. The standard InChI is InChI=1S/C25H25N3O2S/c1-16-9-3-6-12-19(16)23-26-22(17(2)30-23)15-31-25-27-21-14-8-7-13-20(21)24(29)28(25)18-10-4-5-11-18/h3,6-9,12-14,18H,4-5,10-11,15H2,1-2H3. The quantitative estimate of drug-likeness (QED) is 0.283. The van der Waals surface area contributed by atoms with Crippen molar-refractivity contribution in [1.29, 1.82) is 0 Å². The minimum absolute atomic E-state index is 0.0671. The number of thioether (sulfide) groups is 1. The Morgan fingerprint density at radius 1 is 1.03 bits per heavy atom. The third-order valence-corrected chi connectivity index (χ3v) is 7.04. The van der Waals surface area contributed by atoms with Crippen molar-refractivity contribution in [1.82, 2.24) is 14.5 Å². The summed E-state index contributed by atoms with van der Waals surface area (Å²) in [5.74, 6) is 2.06. The molecule has 0 spiro atoms. The second-order valence-electron chi connectivity index (χ2n) is 8.15. The molecule has 2 heterocycles. The van der Waals surface area contributed by atoms with Crippen LogP contribution < -0.4 is 5.56 Å². The van der Waals surface area contributed by atoms with Gasteiger partial charge in [-0.3, -0.25) is 9.36 Å². The predicted octanol–water partition coefficient (Wildman–Crippen LogP) is 6.08. The van der Waals surface area contributed by atoms with Crippen LogP contribution in [0.5, 0.6) is 0 Å². The van der Waals surface area contributed by atoms with Gasteiger partial charge in [0.2, 0.25) is 5.89 Å². The molecule has 0 amide bonds. The molecule has 31 heavy (non-hydrogen) atoms. The number of fused-ring (bicyclic) bond motifs is 1. The number of rotatable bonds is 5. The van der Waals surface area contributed by atoms with Gasteiger partial charge in [0.15, 0.2) is 5.16 Å². The minimum atomic E-state index is 0.0671. The van der Waals surface area contributed by atoms with Crippen LogP contribution in [-0.4, -0.2) is 14.5 Å². The molecule has 2 aromatic heterocycles. The van der Waals surface area contributed by atoms with Gasteiger partial charge in [-0.05, 0) is 50.5 Å². The Balaban J connectivity index is 1.49. The van der Waals surface area contributed by atoms with Crippen molar-refractivity contribution in [2.45, 2.75) is 56.5 Å². The zero-order chi connectivity index (χ0) is 21.4. The molecule has 0 aliphatic heterocycles. The van der Waals surface area contributed by atoms with E-state index in [4.69, 9.17) is 14.4 Å². The van der Waals surface area contributed by atoms with Crippen LogP contribution >= 0.6 is 11.8 Å². The summed E-state index contributed by atoms with van der Waals surface area (Å²) in [5.41, 5.74) is 3.85. The van der Waals surface area contributed by atoms with Crippen LogP contribution in [0.15, 0.2) is 62.9 Å². The van der Waals surface area contributed by atoms with E-state index in [2.05, 4.69) is 13.0 Å². The molecule has 0 bridgehead atoms. The van der Waals surface area contributed by atoms with E-state index in [0.29, 0.717) is 17.0 Å². The Bertz CT molecular complexity index is 1300. The lowest BCUT2D eigenvalue weighted by Gasteiger charge is -2.18. The largest absolute Gasteiger partial charge is 0.441 e. The van der Waals surface area contributed by atoms with Gasteiger partial charge in [0.25, 0.3) is 5.56 Å². The van der Waals surface area contributed by atoms with Crippen LogP contribution in [0.4, 0.5) is 0 Å². The summed E-state index contributed by atoms with van der Waals surface area (Å²) in [6, 6.07) is 15.9. The summed E-state index contributed by atoms with van der Waals surface area (Å²) >= 11 is 1.57. The van der Waals surface area contributed by atoms with Crippen molar-refractivity contribution in [3.8, 4) is 11.5 Å². The number of benzene rings is 2. The number of nitrogens with zero attached hydrogens (tertiary/aromatic N) is 3. The SMILES string of the molecule is Cc1ccccc1-c1nc(CSc2nc3ccccc3c(=O)n2C2CCCC2)c(C)o1. The third-order valence-electron chi connectivity index (χ3n) is 6.07. The maximum Gasteiger partial charge on any atom is 0.262 e. The van der Waals surface area contributed by atoms with Crippen LogP contribution in [-0.2, 0) is 5.75 Å². The van der Waals surface area contributed by atoms with Crippen molar-refractivity contribution < 1.29 is 4.42 Å². The zero-order valence-electron chi connectivity index (χ0n) is 17.8. The molecule has 0 N–H and O–H groups in total. The van der Waals surface area contributed by atoms with E-state index in [1.54, 1.807) is 11.8 Å². The molecule has 0 radical (unpaired) electrons. The van der Waals surface area contributed by atoms with Crippen molar-refractivity contribution in [2.75, 3.05) is 0 Å². The number of hydrogen-bond acceptors (Lipinski definition) is 5. The van der Waals surface area contributed by atoms with Gasteiger partial charge in [-0.25, -0.2) is 9.97 Å². The Morgan fingerprint density at radius 2 is 1.77 bits per heavy atom. The molecule has 1 fully saturated rings. The summed E-state index contributed by atoms with van der Waals surface area (Å²) in [5, 5.41) is 1.47. The smallest absolute Gasteiger partial charge is 0.262 e. The summed E-state index contributed by atoms with van der Waals surface area (Å²) in [6.45, 7) is 4.01. The van der Waals surface area contributed by atoms with Crippen LogP contribution in [0.2, 0.25) is 0 Å². The van der Waals surface area contributed by atoms with Gasteiger partial charge >= 0.3 is 0 Å². The lowest BCUT2D eigenvalue weighted by Crippen LogP contribution is -2.26. The highest BCUT2D eigenvalue weighted by atomic mass is 32.2. The normalized spacial score (nSPS) is 14.5. The van der Waals surface area contributed by atoms with Crippen LogP contribution in [0, 0.1) is 13.8 Å². The Labute approximate surface area is 185 Å². The molecular weight excluding hydrogens is 406 g/mol. The fraction of sp³-hybridized carbons (Fsp3) is 0.320. The van der Waals surface area contributed by atoms with E-state index in [1.807, 2.05) is 54.0 Å². The van der Waals surface area contributed by atoms with E-state index in [1.165, 1.54) is 0 Å². The zero-order valence-corrected chi connectivity index (χ0v) is 18.6. The second kappa shape index (κ2) is 8.35. The van der Waals surface area contributed by atoms with Gasteiger partial charge in [0.05, 0.1) is 16.6 Å². The monoisotopic (exact) mass is 431 g/mol. The maximum absolute atomic E-state index is 13.3. The van der Waals surface area contributed by atoms with E-state index >= 15 is 0 Å². The number of aryl methyl sites for hydroxylation is 2. The summed E-state index contributed by atoms with van der Waals surface area (Å²) < 4.78 is 7.91. The molecule has 0 unspecified atom stereocenters. The second-order valence-corrected chi connectivity index (χ2v) is 9.09. The topological polar surface area (TPSA) is 60.9 Å². The molecule has 0 saturated heterocycles. The molecular formula is C25H25N3O2S. The van der Waals surface area contributed by atoms with Gasteiger partial charge in [0.1, 0.15) is 5.76 Å². The summed E-state index contributed by atoms with van der Waals surface area (Å²) in [4.78, 5) is 23.0. The highest BCUT2D eigenvalue weighted by Gasteiger charge is 2.23. The van der Waals surface area contributed by atoms with Gasteiger partial charge in [0, 0.05) is 17.4 Å². The van der Waals surface area contributed by atoms with Gasteiger partial charge in [-0.2, -0.15) is 0 Å². The van der Waals surface area contributed by atoms with Crippen molar-refractivity contribution >= 4 is 22.7 Å². The lowest BCUT2D eigenvalue weighted by molar-refractivity contribution is 0.457. The number of hydrogen-bond donors (Lipinski definition) is 0. The van der Waals surface area contributed by atoms with Crippen LogP contribution in [0.25, 0.3) is 22.4 Å². The molecule has 2 aromatic carbocycles. The van der Waals surface area contributed by atoms with E-state index < -0.39 is 0 Å². The number of oxazole rings is 1. The molecule has 1 saturated carbocycles. The highest BCUT2D eigenvalue weighted by molar-refractivity contribution is 7.98. The molecule has 158 valence electrons. The fourth-order valence-corrected chi connectivity index (χ4v) is 5.40. The average Bonchev–Trinajstić information content (AvgIpc) is 3.43. The number of para-hydroxylation sites is 1. The summed E-state index contributed by atoms with van der Waals surface area (Å²) in [7, 11) is 0. The van der Waals surface area contributed by atoms with E-state index in [-0.39, 0.29) is 11.6 Å². The third kappa shape index (κ3) is 3.81. The van der Waals surface area contributed by atoms with E-state index in [9.17, 15) is 4.79 Å². The van der Waals surface area contributed by atoms with Crippen molar-refractivity contribution in [3.05, 3.63) is 75.9 Å². The Morgan fingerprint density at radius 3 is 2.58 bits per heavy atom. The van der Waals surface area contributed by atoms with Crippen LogP contribution in [0.3, 0.4) is 0 Å².